The number of methoxy groups -OCH3 is 2. The maximum Gasteiger partial charge on any atom is 0.200 e. The second kappa shape index (κ2) is 17.9. The molecule has 0 atom stereocenters. The molecule has 0 aliphatic carbocycles. The van der Waals surface area contributed by atoms with Crippen molar-refractivity contribution in [1.82, 2.24) is 0 Å². The van der Waals surface area contributed by atoms with E-state index < -0.39 is 0 Å². The predicted molar refractivity (Wildman–Crippen MR) is 195 cm³/mol. The first-order chi connectivity index (χ1) is 22.1. The summed E-state index contributed by atoms with van der Waals surface area (Å²) in [5.74, 6) is 2.12. The van der Waals surface area contributed by atoms with Crippen molar-refractivity contribution in [3.05, 3.63) is 131 Å². The Hall–Kier alpha value is -5.23. The highest BCUT2D eigenvalue weighted by atomic mass is 16.5. The van der Waals surface area contributed by atoms with Crippen LogP contribution in [0.25, 0.3) is 24.3 Å². The summed E-state index contributed by atoms with van der Waals surface area (Å²) in [4.78, 5) is 13.8. The molecule has 6 nitrogen and oxygen atoms in total. The Morgan fingerprint density at radius 1 is 0.804 bits per heavy atom. The molecule has 0 aromatic heterocycles. The molecule has 4 aromatic rings. The molecule has 0 unspecified atom stereocenters. The van der Waals surface area contributed by atoms with E-state index in [9.17, 15) is 4.79 Å². The van der Waals surface area contributed by atoms with Gasteiger partial charge in [0.05, 0.1) is 20.0 Å². The van der Waals surface area contributed by atoms with Gasteiger partial charge in [-0.05, 0) is 67.8 Å². The van der Waals surface area contributed by atoms with Gasteiger partial charge in [-0.2, -0.15) is 0 Å². The summed E-state index contributed by atoms with van der Waals surface area (Å²) in [6, 6.07) is 27.7. The summed E-state index contributed by atoms with van der Waals surface area (Å²) in [5, 5.41) is 0. The Bertz CT molecular complexity index is 1620. The minimum absolute atomic E-state index is 0.0204. The molecule has 0 heterocycles. The number of allylic oxidation sites excluding steroid dienone is 1. The highest BCUT2D eigenvalue weighted by molar-refractivity contribution is 5.97. The zero-order valence-corrected chi connectivity index (χ0v) is 27.9. The second-order valence-electron chi connectivity index (χ2n) is 11.0. The average Bonchev–Trinajstić information content (AvgIpc) is 3.06. The molecule has 46 heavy (non-hydrogen) atoms. The first-order valence-electron chi connectivity index (χ1n) is 15.3. The number of rotatable bonds is 13. The monoisotopic (exact) mass is 618 g/mol. The number of Topliss-reactive ketones (excluding diaryl/α,β-unsaturated/α-hetero) is 1. The zero-order chi connectivity index (χ0) is 33.5. The lowest BCUT2D eigenvalue weighted by atomic mass is 10.0. The van der Waals surface area contributed by atoms with E-state index in [1.54, 1.807) is 33.3 Å². The molecule has 0 aliphatic heterocycles. The molecule has 0 radical (unpaired) electrons. The maximum absolute atomic E-state index is 11.5. The molecule has 0 saturated carbocycles. The van der Waals surface area contributed by atoms with Gasteiger partial charge in [0.1, 0.15) is 11.5 Å². The van der Waals surface area contributed by atoms with Crippen LogP contribution >= 0.6 is 0 Å². The molecular formula is C40H46N2O4. The van der Waals surface area contributed by atoms with Gasteiger partial charge in [0.25, 0.3) is 0 Å². The van der Waals surface area contributed by atoms with Crippen LogP contribution in [-0.4, -0.2) is 40.2 Å². The lowest BCUT2D eigenvalue weighted by Crippen LogP contribution is -2.17. The maximum atomic E-state index is 11.5. The number of nitrogens with zero attached hydrogens (tertiary/aromatic N) is 1. The Balaban J connectivity index is 0.000000344. The topological polar surface area (TPSA) is 74.0 Å². The van der Waals surface area contributed by atoms with Crippen molar-refractivity contribution >= 4 is 41.5 Å². The van der Waals surface area contributed by atoms with Gasteiger partial charge in [-0.25, -0.2) is 0 Å². The SMILES string of the molecule is C=C(C)OCC(=O)c1ccc(C)cc1.CCCN(C)c1ccc(/C=C/c2cc(OC)c(/C=C/c3ccc(N)cc3)cc2OC)cc1. The molecule has 6 heteroatoms. The largest absolute Gasteiger partial charge is 0.496 e. The number of benzene rings is 4. The van der Waals surface area contributed by atoms with Crippen LogP contribution < -0.4 is 20.1 Å². The number of hydrogen-bond acceptors (Lipinski definition) is 6. The molecule has 4 rings (SSSR count). The lowest BCUT2D eigenvalue weighted by molar-refractivity contribution is 0.0864. The molecule has 0 bridgehead atoms. The number of anilines is 2. The van der Waals surface area contributed by atoms with Gasteiger partial charge in [-0.3, -0.25) is 4.79 Å². The summed E-state index contributed by atoms with van der Waals surface area (Å²) >= 11 is 0. The van der Waals surface area contributed by atoms with Gasteiger partial charge in [-0.15, -0.1) is 0 Å². The fraction of sp³-hybridized carbons (Fsp3) is 0.225. The van der Waals surface area contributed by atoms with Crippen molar-refractivity contribution < 1.29 is 19.0 Å². The first kappa shape index (κ1) is 35.3. The van der Waals surface area contributed by atoms with Crippen molar-refractivity contribution in [3.8, 4) is 11.5 Å². The van der Waals surface area contributed by atoms with E-state index in [0.717, 1.165) is 58.0 Å². The van der Waals surface area contributed by atoms with Gasteiger partial charge >= 0.3 is 0 Å². The zero-order valence-electron chi connectivity index (χ0n) is 27.9. The smallest absolute Gasteiger partial charge is 0.200 e. The summed E-state index contributed by atoms with van der Waals surface area (Å²) in [7, 11) is 5.49. The van der Waals surface area contributed by atoms with Gasteiger partial charge < -0.3 is 24.8 Å². The number of nitrogens with two attached hydrogens (primary N) is 1. The highest BCUT2D eigenvalue weighted by Crippen LogP contribution is 2.32. The number of ketones is 1. The van der Waals surface area contributed by atoms with E-state index in [2.05, 4.69) is 61.9 Å². The predicted octanol–water partition coefficient (Wildman–Crippen LogP) is 9.20. The summed E-state index contributed by atoms with van der Waals surface area (Å²) in [6.07, 6.45) is 9.32. The summed E-state index contributed by atoms with van der Waals surface area (Å²) < 4.78 is 16.3. The van der Waals surface area contributed by atoms with Crippen LogP contribution in [0.15, 0.2) is 97.3 Å². The van der Waals surface area contributed by atoms with E-state index in [-0.39, 0.29) is 12.4 Å². The van der Waals surface area contributed by atoms with Gasteiger partial charge in [0.15, 0.2) is 12.4 Å². The molecule has 0 amide bonds. The molecule has 0 fully saturated rings. The Labute approximate surface area is 274 Å². The van der Waals surface area contributed by atoms with Crippen LogP contribution in [0.3, 0.4) is 0 Å². The standard InChI is InChI=1S/C28H32N2O2.C12H14O2/c1-5-18-30(2)26-16-10-22(11-17-26)7-13-24-20-27(31-3)23(19-28(24)32-4)12-6-21-8-14-25(29)15-9-21;1-9(2)14-8-12(13)11-6-4-10(3)5-7-11/h6-17,19-20H,5,18,29H2,1-4H3;4-7H,1,8H2,2-3H3/b12-6+,13-7+;. The minimum Gasteiger partial charge on any atom is -0.496 e. The highest BCUT2D eigenvalue weighted by Gasteiger charge is 2.09. The van der Waals surface area contributed by atoms with Gasteiger partial charge in [-0.1, -0.05) is 91.9 Å². The first-order valence-corrected chi connectivity index (χ1v) is 15.3. The Morgan fingerprint density at radius 3 is 1.76 bits per heavy atom. The average molecular weight is 619 g/mol. The van der Waals surface area contributed by atoms with Crippen molar-refractivity contribution in [2.24, 2.45) is 0 Å². The van der Waals surface area contributed by atoms with Crippen LogP contribution in [-0.2, 0) is 4.74 Å². The minimum atomic E-state index is -0.0204. The van der Waals surface area contributed by atoms with Crippen LogP contribution in [0.5, 0.6) is 11.5 Å². The van der Waals surface area contributed by atoms with E-state index in [1.165, 1.54) is 5.69 Å². The normalized spacial score (nSPS) is 10.7. The molecule has 2 N–H and O–H groups in total. The van der Waals surface area contributed by atoms with Gasteiger partial charge in [0.2, 0.25) is 0 Å². The lowest BCUT2D eigenvalue weighted by Gasteiger charge is -2.18. The van der Waals surface area contributed by atoms with Crippen LogP contribution in [0.4, 0.5) is 11.4 Å². The van der Waals surface area contributed by atoms with Crippen LogP contribution in [0.1, 0.15) is 58.4 Å². The number of carbonyl (C=O) groups excluding carboxylic acids is 1. The molecule has 4 aromatic carbocycles. The molecule has 0 aliphatic rings. The Kier molecular flexibility index (Phi) is 13.7. The third-order valence-corrected chi connectivity index (χ3v) is 7.15. The molecule has 0 saturated heterocycles. The van der Waals surface area contributed by atoms with E-state index >= 15 is 0 Å². The van der Waals surface area contributed by atoms with Gasteiger partial charge in [0, 0.05) is 41.7 Å². The summed E-state index contributed by atoms with van der Waals surface area (Å²) in [6.45, 7) is 10.6. The van der Waals surface area contributed by atoms with E-state index in [4.69, 9.17) is 19.9 Å². The third kappa shape index (κ3) is 11.0. The number of nitrogen functional groups attached to an aromatic ring is 1. The molecule has 240 valence electrons. The molecule has 0 spiro atoms. The number of ether oxygens (including phenoxy) is 3. The fourth-order valence-electron chi connectivity index (χ4n) is 4.50. The third-order valence-electron chi connectivity index (χ3n) is 7.15. The van der Waals surface area contributed by atoms with E-state index in [0.29, 0.717) is 11.3 Å². The number of hydrogen-bond donors (Lipinski definition) is 1. The van der Waals surface area contributed by atoms with Crippen LogP contribution in [0.2, 0.25) is 0 Å². The Morgan fingerprint density at radius 2 is 1.30 bits per heavy atom. The van der Waals surface area contributed by atoms with Crippen LogP contribution in [0, 0.1) is 6.92 Å². The van der Waals surface area contributed by atoms with Crippen molar-refractivity contribution in [2.45, 2.75) is 27.2 Å². The van der Waals surface area contributed by atoms with Crippen molar-refractivity contribution in [1.29, 1.82) is 0 Å². The molecular weight excluding hydrogens is 572 g/mol. The number of aryl methyl sites for hydroxylation is 1. The number of carbonyl (C=O) groups is 1. The van der Waals surface area contributed by atoms with E-state index in [1.807, 2.05) is 67.6 Å². The quantitative estimate of drug-likeness (QED) is 0.0697. The fourth-order valence-corrected chi connectivity index (χ4v) is 4.50. The second-order valence-corrected chi connectivity index (χ2v) is 11.0. The van der Waals surface area contributed by atoms with Crippen molar-refractivity contribution in [3.63, 3.8) is 0 Å². The van der Waals surface area contributed by atoms with Crippen molar-refractivity contribution in [2.75, 3.05) is 45.1 Å². The summed E-state index contributed by atoms with van der Waals surface area (Å²) in [5.41, 5.74) is 13.7.